The molecule has 0 heterocycles. The highest BCUT2D eigenvalue weighted by atomic mass is 79.9. The minimum absolute atomic E-state index is 0.0932. The van der Waals surface area contributed by atoms with E-state index in [4.69, 9.17) is 5.11 Å². The molecule has 0 saturated heterocycles. The van der Waals surface area contributed by atoms with E-state index >= 15 is 0 Å². The highest BCUT2D eigenvalue weighted by Crippen LogP contribution is 2.36. The number of rotatable bonds is 2. The Kier molecular flexibility index (Phi) is 3.96. The Balaban J connectivity index is 2.48. The van der Waals surface area contributed by atoms with Crippen molar-refractivity contribution in [2.45, 2.75) is 12.8 Å². The van der Waals surface area contributed by atoms with Crippen molar-refractivity contribution in [3.05, 3.63) is 58.1 Å². The Morgan fingerprint density at radius 3 is 2.16 bits per heavy atom. The molecule has 2 rings (SSSR count). The van der Waals surface area contributed by atoms with E-state index in [2.05, 4.69) is 15.9 Å². The van der Waals surface area contributed by atoms with Crippen molar-refractivity contribution in [1.29, 1.82) is 0 Å². The summed E-state index contributed by atoms with van der Waals surface area (Å²) in [5, 5.41) is 8.95. The molecule has 2 aromatic carbocycles. The van der Waals surface area contributed by atoms with Crippen LogP contribution in [0.25, 0.3) is 11.1 Å². The molecule has 0 radical (unpaired) electrons. The van der Waals surface area contributed by atoms with Crippen LogP contribution in [0.1, 0.15) is 11.1 Å². The fraction of sp³-hybridized carbons (Fsp3) is 0.143. The van der Waals surface area contributed by atoms with Gasteiger partial charge in [0, 0.05) is 4.47 Å². The molecule has 1 nitrogen and oxygen atoms in total. The first-order chi connectivity index (χ1) is 8.91. The Labute approximate surface area is 116 Å². The number of aliphatic hydroxyl groups is 1. The Morgan fingerprint density at radius 2 is 1.63 bits per heavy atom. The van der Waals surface area contributed by atoms with Gasteiger partial charge in [0.1, 0.15) is 0 Å². The van der Waals surface area contributed by atoms with Gasteiger partial charge in [-0.2, -0.15) is 13.2 Å². The second-order valence-electron chi connectivity index (χ2n) is 4.05. The third-order valence-corrected chi connectivity index (χ3v) is 3.43. The first-order valence-electron chi connectivity index (χ1n) is 5.49. The topological polar surface area (TPSA) is 20.2 Å². The fourth-order valence-electron chi connectivity index (χ4n) is 1.71. The zero-order valence-corrected chi connectivity index (χ0v) is 11.3. The van der Waals surface area contributed by atoms with Crippen LogP contribution in [0.2, 0.25) is 0 Å². The minimum atomic E-state index is -4.36. The van der Waals surface area contributed by atoms with Crippen molar-refractivity contribution < 1.29 is 18.3 Å². The second kappa shape index (κ2) is 5.35. The van der Waals surface area contributed by atoms with Gasteiger partial charge in [0.25, 0.3) is 0 Å². The van der Waals surface area contributed by atoms with Gasteiger partial charge in [0.15, 0.2) is 0 Å². The minimum Gasteiger partial charge on any atom is -0.392 e. The van der Waals surface area contributed by atoms with Gasteiger partial charge in [0.2, 0.25) is 0 Å². The van der Waals surface area contributed by atoms with Crippen molar-refractivity contribution in [2.24, 2.45) is 0 Å². The molecule has 0 fully saturated rings. The van der Waals surface area contributed by atoms with Crippen LogP contribution >= 0.6 is 15.9 Å². The van der Waals surface area contributed by atoms with Gasteiger partial charge in [0.05, 0.1) is 12.2 Å². The molecule has 0 amide bonds. The Hall–Kier alpha value is -1.33. The molecule has 0 saturated carbocycles. The lowest BCUT2D eigenvalue weighted by Gasteiger charge is -2.11. The number of hydrogen-bond acceptors (Lipinski definition) is 1. The number of hydrogen-bond donors (Lipinski definition) is 1. The van der Waals surface area contributed by atoms with Crippen molar-refractivity contribution in [3.63, 3.8) is 0 Å². The molecule has 5 heteroatoms. The van der Waals surface area contributed by atoms with Crippen LogP contribution in [0.5, 0.6) is 0 Å². The lowest BCUT2D eigenvalue weighted by atomic mass is 10.0. The molecule has 0 atom stereocenters. The van der Waals surface area contributed by atoms with E-state index < -0.39 is 11.7 Å². The molecule has 0 aliphatic carbocycles. The van der Waals surface area contributed by atoms with Gasteiger partial charge in [-0.05, 0) is 34.9 Å². The molecule has 0 bridgehead atoms. The standard InChI is InChI=1S/C14H10BrF3O/c15-13-6-5-11(14(16,17)18)7-12(13)10-3-1-9(8-19)2-4-10/h1-7,19H,8H2. The van der Waals surface area contributed by atoms with Crippen LogP contribution in [0.4, 0.5) is 13.2 Å². The average molecular weight is 331 g/mol. The lowest BCUT2D eigenvalue weighted by Crippen LogP contribution is -2.04. The molecule has 2 aromatic rings. The maximum atomic E-state index is 12.7. The molecule has 100 valence electrons. The predicted octanol–water partition coefficient (Wildman–Crippen LogP) is 4.63. The maximum absolute atomic E-state index is 12.7. The summed E-state index contributed by atoms with van der Waals surface area (Å²) in [6.45, 7) is -0.0932. The number of alkyl halides is 3. The van der Waals surface area contributed by atoms with Gasteiger partial charge in [-0.25, -0.2) is 0 Å². The normalized spacial score (nSPS) is 11.6. The summed E-state index contributed by atoms with van der Waals surface area (Å²) in [5.74, 6) is 0. The van der Waals surface area contributed by atoms with Crippen molar-refractivity contribution in [2.75, 3.05) is 0 Å². The average Bonchev–Trinajstić information content (AvgIpc) is 2.38. The summed E-state index contributed by atoms with van der Waals surface area (Å²) in [6.07, 6.45) is -4.36. The van der Waals surface area contributed by atoms with Crippen LogP contribution in [0, 0.1) is 0 Å². The highest BCUT2D eigenvalue weighted by Gasteiger charge is 2.30. The predicted molar refractivity (Wildman–Crippen MR) is 70.5 cm³/mol. The summed E-state index contributed by atoms with van der Waals surface area (Å²) in [6, 6.07) is 10.3. The molecule has 1 N–H and O–H groups in total. The first kappa shape index (κ1) is 14.1. The quantitative estimate of drug-likeness (QED) is 0.851. The van der Waals surface area contributed by atoms with Gasteiger partial charge < -0.3 is 5.11 Å². The summed E-state index contributed by atoms with van der Waals surface area (Å²) in [5.41, 5.74) is 1.17. The Morgan fingerprint density at radius 1 is 1.00 bits per heavy atom. The van der Waals surface area contributed by atoms with Crippen LogP contribution < -0.4 is 0 Å². The SMILES string of the molecule is OCc1ccc(-c2cc(C(F)(F)F)ccc2Br)cc1. The lowest BCUT2D eigenvalue weighted by molar-refractivity contribution is -0.137. The highest BCUT2D eigenvalue weighted by molar-refractivity contribution is 9.10. The summed E-state index contributed by atoms with van der Waals surface area (Å²) in [4.78, 5) is 0. The second-order valence-corrected chi connectivity index (χ2v) is 4.90. The third-order valence-electron chi connectivity index (χ3n) is 2.74. The number of halogens is 4. The van der Waals surface area contributed by atoms with Gasteiger partial charge in [-0.1, -0.05) is 40.2 Å². The largest absolute Gasteiger partial charge is 0.416 e. The molecular formula is C14H10BrF3O. The third kappa shape index (κ3) is 3.16. The monoisotopic (exact) mass is 330 g/mol. The summed E-state index contributed by atoms with van der Waals surface area (Å²) in [7, 11) is 0. The van der Waals surface area contributed by atoms with Crippen LogP contribution in [-0.4, -0.2) is 5.11 Å². The van der Waals surface area contributed by atoms with E-state index in [1.54, 1.807) is 24.3 Å². The van der Waals surface area contributed by atoms with E-state index in [-0.39, 0.29) is 6.61 Å². The number of aliphatic hydroxyl groups excluding tert-OH is 1. The maximum Gasteiger partial charge on any atom is 0.416 e. The van der Waals surface area contributed by atoms with Crippen molar-refractivity contribution >= 4 is 15.9 Å². The van der Waals surface area contributed by atoms with Crippen LogP contribution in [-0.2, 0) is 12.8 Å². The zero-order chi connectivity index (χ0) is 14.0. The summed E-state index contributed by atoms with van der Waals surface area (Å²) < 4.78 is 38.7. The van der Waals surface area contributed by atoms with Gasteiger partial charge in [-0.15, -0.1) is 0 Å². The van der Waals surface area contributed by atoms with E-state index in [1.807, 2.05) is 0 Å². The molecule has 0 unspecified atom stereocenters. The van der Waals surface area contributed by atoms with Crippen molar-refractivity contribution in [3.8, 4) is 11.1 Å². The van der Waals surface area contributed by atoms with Crippen molar-refractivity contribution in [1.82, 2.24) is 0 Å². The molecule has 0 aliphatic rings. The smallest absolute Gasteiger partial charge is 0.392 e. The molecule has 0 aliphatic heterocycles. The van der Waals surface area contributed by atoms with E-state index in [0.717, 1.165) is 12.1 Å². The van der Waals surface area contributed by atoms with Crippen LogP contribution in [0.15, 0.2) is 46.9 Å². The molecular weight excluding hydrogens is 321 g/mol. The van der Waals surface area contributed by atoms with E-state index in [1.165, 1.54) is 6.07 Å². The van der Waals surface area contributed by atoms with E-state index in [9.17, 15) is 13.2 Å². The van der Waals surface area contributed by atoms with Crippen LogP contribution in [0.3, 0.4) is 0 Å². The zero-order valence-electron chi connectivity index (χ0n) is 9.71. The van der Waals surface area contributed by atoms with E-state index in [0.29, 0.717) is 21.2 Å². The molecule has 0 spiro atoms. The first-order valence-corrected chi connectivity index (χ1v) is 6.28. The Bertz CT molecular complexity index is 576. The van der Waals surface area contributed by atoms with Gasteiger partial charge >= 0.3 is 6.18 Å². The number of benzene rings is 2. The molecule has 0 aromatic heterocycles. The molecule has 19 heavy (non-hydrogen) atoms. The summed E-state index contributed by atoms with van der Waals surface area (Å²) >= 11 is 3.25. The fourth-order valence-corrected chi connectivity index (χ4v) is 2.19. The van der Waals surface area contributed by atoms with Gasteiger partial charge in [-0.3, -0.25) is 0 Å².